The Bertz CT molecular complexity index is 970. The number of rotatable bonds is 4. The molecule has 0 radical (unpaired) electrons. The Morgan fingerprint density at radius 1 is 1.19 bits per heavy atom. The second-order valence-electron chi connectivity index (χ2n) is 5.82. The van der Waals surface area contributed by atoms with E-state index in [0.29, 0.717) is 11.5 Å². The highest BCUT2D eigenvalue weighted by molar-refractivity contribution is 6.07. The van der Waals surface area contributed by atoms with Crippen LogP contribution < -0.4 is 5.32 Å². The van der Waals surface area contributed by atoms with Gasteiger partial charge < -0.3 is 14.6 Å². The number of esters is 1. The molecule has 0 bridgehead atoms. The van der Waals surface area contributed by atoms with E-state index < -0.39 is 11.9 Å². The lowest BCUT2D eigenvalue weighted by Crippen LogP contribution is -2.17. The van der Waals surface area contributed by atoms with Gasteiger partial charge in [0.15, 0.2) is 17.1 Å². The summed E-state index contributed by atoms with van der Waals surface area (Å²) in [7, 11) is 2.86. The number of anilines is 1. The molecular weight excluding hydrogens is 336 g/mol. The molecule has 134 valence electrons. The third kappa shape index (κ3) is 3.21. The lowest BCUT2D eigenvalue weighted by molar-refractivity contribution is 0.0589. The van der Waals surface area contributed by atoms with Crippen molar-refractivity contribution in [2.75, 3.05) is 12.4 Å². The zero-order chi connectivity index (χ0) is 18.8. The molecule has 0 spiro atoms. The van der Waals surface area contributed by atoms with E-state index >= 15 is 0 Å². The van der Waals surface area contributed by atoms with E-state index in [4.69, 9.17) is 9.26 Å². The second kappa shape index (κ2) is 6.83. The number of aromatic nitrogens is 3. The Balaban J connectivity index is 1.86. The summed E-state index contributed by atoms with van der Waals surface area (Å²) in [5.41, 5.74) is 2.96. The van der Waals surface area contributed by atoms with Gasteiger partial charge in [-0.2, -0.15) is 5.10 Å². The first-order valence-corrected chi connectivity index (χ1v) is 7.87. The van der Waals surface area contributed by atoms with Crippen molar-refractivity contribution in [2.45, 2.75) is 13.8 Å². The molecule has 26 heavy (non-hydrogen) atoms. The highest BCUT2D eigenvalue weighted by Gasteiger charge is 2.24. The monoisotopic (exact) mass is 354 g/mol. The van der Waals surface area contributed by atoms with Crippen molar-refractivity contribution in [3.8, 4) is 11.3 Å². The minimum Gasteiger partial charge on any atom is -0.464 e. The van der Waals surface area contributed by atoms with Gasteiger partial charge in [0.2, 0.25) is 0 Å². The fraction of sp³-hybridized carbons (Fsp3) is 0.222. The molecule has 1 aromatic carbocycles. The molecule has 8 heteroatoms. The topological polar surface area (TPSA) is 99.2 Å². The molecule has 0 fully saturated rings. The minimum absolute atomic E-state index is 0.0969. The molecule has 2 heterocycles. The van der Waals surface area contributed by atoms with Gasteiger partial charge in [-0.3, -0.25) is 9.48 Å². The molecule has 0 saturated carbocycles. The Kier molecular flexibility index (Phi) is 4.57. The first kappa shape index (κ1) is 17.4. The van der Waals surface area contributed by atoms with Gasteiger partial charge in [-0.25, -0.2) is 4.79 Å². The number of amides is 1. The Morgan fingerprint density at radius 2 is 1.88 bits per heavy atom. The molecule has 0 saturated heterocycles. The van der Waals surface area contributed by atoms with Crippen LogP contribution in [0.1, 0.15) is 32.2 Å². The quantitative estimate of drug-likeness (QED) is 0.723. The van der Waals surface area contributed by atoms with Crippen molar-refractivity contribution in [1.82, 2.24) is 14.9 Å². The van der Waals surface area contributed by atoms with Gasteiger partial charge in [0.05, 0.1) is 18.5 Å². The maximum Gasteiger partial charge on any atom is 0.358 e. The average molecular weight is 354 g/mol. The van der Waals surface area contributed by atoms with Crippen LogP contribution in [0.2, 0.25) is 0 Å². The van der Waals surface area contributed by atoms with Crippen molar-refractivity contribution in [1.29, 1.82) is 0 Å². The van der Waals surface area contributed by atoms with Crippen LogP contribution in [0.15, 0.2) is 34.9 Å². The lowest BCUT2D eigenvalue weighted by atomic mass is 10.1. The number of hydrogen-bond donors (Lipinski definition) is 1. The number of benzene rings is 1. The van der Waals surface area contributed by atoms with E-state index in [9.17, 15) is 9.59 Å². The second-order valence-corrected chi connectivity index (χ2v) is 5.82. The Morgan fingerprint density at radius 3 is 2.54 bits per heavy atom. The van der Waals surface area contributed by atoms with Crippen LogP contribution in [0, 0.1) is 13.8 Å². The van der Waals surface area contributed by atoms with E-state index in [1.165, 1.54) is 11.8 Å². The van der Waals surface area contributed by atoms with Crippen LogP contribution in [0.5, 0.6) is 0 Å². The number of hydrogen-bond acceptors (Lipinski definition) is 6. The molecule has 3 aromatic rings. The van der Waals surface area contributed by atoms with Gasteiger partial charge in [-0.1, -0.05) is 35.0 Å². The SMILES string of the molecule is COC(=O)c1c(NC(=O)c2cc(-c3ccc(C)cc3)on2)c(C)nn1C. The maximum absolute atomic E-state index is 12.5. The normalized spacial score (nSPS) is 10.6. The molecule has 1 amide bonds. The first-order chi connectivity index (χ1) is 12.4. The Labute approximate surface area is 149 Å². The zero-order valence-electron chi connectivity index (χ0n) is 14.9. The molecule has 3 rings (SSSR count). The molecule has 0 aliphatic carbocycles. The third-order valence-electron chi connectivity index (χ3n) is 3.92. The number of nitrogens with zero attached hydrogens (tertiary/aromatic N) is 3. The van der Waals surface area contributed by atoms with E-state index in [-0.39, 0.29) is 17.1 Å². The molecule has 0 aliphatic heterocycles. The fourth-order valence-corrected chi connectivity index (χ4v) is 2.55. The van der Waals surface area contributed by atoms with E-state index in [2.05, 4.69) is 15.6 Å². The van der Waals surface area contributed by atoms with E-state index in [1.807, 2.05) is 31.2 Å². The summed E-state index contributed by atoms with van der Waals surface area (Å²) in [5.74, 6) is -0.622. The summed E-state index contributed by atoms with van der Waals surface area (Å²) in [5, 5.41) is 10.6. The van der Waals surface area contributed by atoms with Crippen LogP contribution in [0.3, 0.4) is 0 Å². The number of ether oxygens (including phenoxy) is 1. The Hall–Kier alpha value is -3.42. The van der Waals surface area contributed by atoms with Crippen molar-refractivity contribution < 1.29 is 18.8 Å². The van der Waals surface area contributed by atoms with Crippen LogP contribution in [-0.4, -0.2) is 33.9 Å². The van der Waals surface area contributed by atoms with Crippen molar-refractivity contribution >= 4 is 17.6 Å². The van der Waals surface area contributed by atoms with Crippen molar-refractivity contribution in [2.24, 2.45) is 7.05 Å². The number of methoxy groups -OCH3 is 1. The summed E-state index contributed by atoms with van der Waals surface area (Å²) in [6, 6.07) is 9.21. The number of aryl methyl sites for hydroxylation is 3. The maximum atomic E-state index is 12.5. The summed E-state index contributed by atoms with van der Waals surface area (Å²) in [6.07, 6.45) is 0. The van der Waals surface area contributed by atoms with Gasteiger partial charge in [-0.05, 0) is 13.8 Å². The third-order valence-corrected chi connectivity index (χ3v) is 3.92. The standard InChI is InChI=1S/C18H18N4O4/c1-10-5-7-12(8-6-10)14-9-13(21-26-14)17(23)19-15-11(2)20-22(3)16(15)18(24)25-4/h5-9H,1-4H3,(H,19,23). The molecule has 0 aliphatic rings. The first-order valence-electron chi connectivity index (χ1n) is 7.87. The summed E-state index contributed by atoms with van der Waals surface area (Å²) in [4.78, 5) is 24.4. The summed E-state index contributed by atoms with van der Waals surface area (Å²) < 4.78 is 11.4. The highest BCUT2D eigenvalue weighted by atomic mass is 16.5. The molecule has 1 N–H and O–H groups in total. The minimum atomic E-state index is -0.594. The number of carbonyl (C=O) groups excluding carboxylic acids is 2. The van der Waals surface area contributed by atoms with Gasteiger partial charge in [0.1, 0.15) is 0 Å². The average Bonchev–Trinajstić information content (AvgIpc) is 3.20. The van der Waals surface area contributed by atoms with E-state index in [1.54, 1.807) is 20.0 Å². The van der Waals surface area contributed by atoms with Crippen LogP contribution >= 0.6 is 0 Å². The van der Waals surface area contributed by atoms with Crippen molar-refractivity contribution in [3.05, 3.63) is 53.0 Å². The predicted octanol–water partition coefficient (Wildman–Crippen LogP) is 2.73. The molecule has 2 aromatic heterocycles. The summed E-state index contributed by atoms with van der Waals surface area (Å²) in [6.45, 7) is 3.67. The smallest absolute Gasteiger partial charge is 0.358 e. The van der Waals surface area contributed by atoms with Gasteiger partial charge >= 0.3 is 5.97 Å². The largest absolute Gasteiger partial charge is 0.464 e. The lowest BCUT2D eigenvalue weighted by Gasteiger charge is -2.05. The van der Waals surface area contributed by atoms with Gasteiger partial charge in [-0.15, -0.1) is 0 Å². The van der Waals surface area contributed by atoms with Gasteiger partial charge in [0, 0.05) is 18.7 Å². The molecule has 8 nitrogen and oxygen atoms in total. The van der Waals surface area contributed by atoms with Gasteiger partial charge in [0.25, 0.3) is 5.91 Å². The zero-order valence-corrected chi connectivity index (χ0v) is 14.9. The van der Waals surface area contributed by atoms with Crippen molar-refractivity contribution in [3.63, 3.8) is 0 Å². The van der Waals surface area contributed by atoms with Crippen LogP contribution in [0.4, 0.5) is 5.69 Å². The number of nitrogens with one attached hydrogen (secondary N) is 1. The summed E-state index contributed by atoms with van der Waals surface area (Å²) >= 11 is 0. The predicted molar refractivity (Wildman–Crippen MR) is 93.9 cm³/mol. The van der Waals surface area contributed by atoms with Crippen LogP contribution in [-0.2, 0) is 11.8 Å². The highest BCUT2D eigenvalue weighted by Crippen LogP contribution is 2.24. The molecular formula is C18H18N4O4. The van der Waals surface area contributed by atoms with Crippen LogP contribution in [0.25, 0.3) is 11.3 Å². The van der Waals surface area contributed by atoms with E-state index in [0.717, 1.165) is 11.1 Å². The number of carbonyl (C=O) groups is 2. The molecule has 0 unspecified atom stereocenters. The molecule has 0 atom stereocenters. The fourth-order valence-electron chi connectivity index (χ4n) is 2.55.